The van der Waals surface area contributed by atoms with E-state index < -0.39 is 0 Å². The highest BCUT2D eigenvalue weighted by Gasteiger charge is 2.16. The third-order valence-corrected chi connectivity index (χ3v) is 4.39. The summed E-state index contributed by atoms with van der Waals surface area (Å²) in [5, 5.41) is 3.89. The Morgan fingerprint density at radius 1 is 1.27 bits per heavy atom. The Labute approximate surface area is 102 Å². The van der Waals surface area contributed by atoms with Crippen molar-refractivity contribution in [2.45, 2.75) is 32.1 Å². The van der Waals surface area contributed by atoms with E-state index in [1.807, 2.05) is 10.8 Å². The number of Topliss-reactive ketones (excluding diaryl/α,β-unsaturated/α-hetero) is 1. The number of carbonyl (C=O) groups excluding carboxylic acids is 1. The molecule has 0 saturated heterocycles. The van der Waals surface area contributed by atoms with Crippen molar-refractivity contribution in [2.24, 2.45) is 0 Å². The molecule has 1 aromatic heterocycles. The first kappa shape index (κ1) is 11.1. The molecule has 15 heavy (non-hydrogen) atoms. The lowest BCUT2D eigenvalue weighted by molar-refractivity contribution is 0.103. The molecule has 1 aromatic rings. The fourth-order valence-electron chi connectivity index (χ4n) is 1.84. The van der Waals surface area contributed by atoms with Gasteiger partial charge in [0.05, 0.1) is 0 Å². The Morgan fingerprint density at radius 3 is 2.87 bits per heavy atom. The minimum absolute atomic E-state index is 0.213. The summed E-state index contributed by atoms with van der Waals surface area (Å²) in [6, 6.07) is 0. The average molecular weight is 285 g/mol. The van der Waals surface area contributed by atoms with Gasteiger partial charge in [-0.1, -0.05) is 12.5 Å². The smallest absolute Gasteiger partial charge is 0.190 e. The third-order valence-electron chi connectivity index (χ3n) is 2.69. The Hall–Kier alpha value is -0.410. The molecular formula is C12H13BrOS. The molecule has 0 N–H and O–H groups in total. The van der Waals surface area contributed by atoms with Crippen LogP contribution in [0.15, 0.2) is 26.9 Å². The van der Waals surface area contributed by atoms with Crippen LogP contribution in [0.4, 0.5) is 0 Å². The monoisotopic (exact) mass is 284 g/mol. The van der Waals surface area contributed by atoms with E-state index in [-0.39, 0.29) is 5.78 Å². The van der Waals surface area contributed by atoms with E-state index in [9.17, 15) is 4.79 Å². The quantitative estimate of drug-likeness (QED) is 0.727. The first-order chi connectivity index (χ1) is 7.29. The van der Waals surface area contributed by atoms with Crippen molar-refractivity contribution in [3.05, 3.63) is 32.4 Å². The summed E-state index contributed by atoms with van der Waals surface area (Å²) >= 11 is 4.98. The van der Waals surface area contributed by atoms with Gasteiger partial charge >= 0.3 is 0 Å². The van der Waals surface area contributed by atoms with Crippen LogP contribution in [0.2, 0.25) is 0 Å². The summed E-state index contributed by atoms with van der Waals surface area (Å²) in [5.74, 6) is 0.213. The molecule has 0 bridgehead atoms. The highest BCUT2D eigenvalue weighted by molar-refractivity contribution is 9.10. The van der Waals surface area contributed by atoms with Crippen molar-refractivity contribution in [3.63, 3.8) is 0 Å². The Morgan fingerprint density at radius 2 is 2.13 bits per heavy atom. The molecule has 0 saturated carbocycles. The number of halogens is 1. The van der Waals surface area contributed by atoms with E-state index in [4.69, 9.17) is 0 Å². The van der Waals surface area contributed by atoms with Gasteiger partial charge in [-0.05, 0) is 47.2 Å². The molecule has 0 aliphatic heterocycles. The van der Waals surface area contributed by atoms with Crippen LogP contribution in [0, 0.1) is 0 Å². The van der Waals surface area contributed by atoms with Gasteiger partial charge in [-0.3, -0.25) is 4.79 Å². The Balaban J connectivity index is 2.20. The number of hydrogen-bond acceptors (Lipinski definition) is 2. The van der Waals surface area contributed by atoms with Crippen LogP contribution >= 0.6 is 27.3 Å². The van der Waals surface area contributed by atoms with Crippen LogP contribution < -0.4 is 0 Å². The number of ketones is 1. The molecule has 0 unspecified atom stereocenters. The first-order valence-electron chi connectivity index (χ1n) is 5.24. The molecular weight excluding hydrogens is 272 g/mol. The number of thiophene rings is 1. The van der Waals surface area contributed by atoms with Crippen molar-refractivity contribution < 1.29 is 4.79 Å². The number of rotatable bonds is 2. The van der Waals surface area contributed by atoms with Crippen LogP contribution in [-0.4, -0.2) is 5.78 Å². The zero-order valence-electron chi connectivity index (χ0n) is 8.46. The predicted octanol–water partition coefficient (Wildman–Crippen LogP) is 4.58. The standard InChI is InChI=1S/C12H13BrOS/c13-11-8-15-7-10(11)12(14)9-5-3-1-2-4-6-9/h5,7-8H,1-4,6H2. The minimum atomic E-state index is 0.213. The lowest BCUT2D eigenvalue weighted by Gasteiger charge is -2.02. The van der Waals surface area contributed by atoms with Gasteiger partial charge in [0, 0.05) is 20.8 Å². The van der Waals surface area contributed by atoms with Crippen molar-refractivity contribution in [1.82, 2.24) is 0 Å². The molecule has 0 fully saturated rings. The van der Waals surface area contributed by atoms with Gasteiger partial charge in [-0.15, -0.1) is 0 Å². The van der Waals surface area contributed by atoms with Crippen LogP contribution in [0.25, 0.3) is 0 Å². The summed E-state index contributed by atoms with van der Waals surface area (Å²) < 4.78 is 0.933. The number of allylic oxidation sites excluding steroid dienone is 2. The lowest BCUT2D eigenvalue weighted by atomic mass is 10.0. The van der Waals surface area contributed by atoms with E-state index in [2.05, 4.69) is 22.0 Å². The van der Waals surface area contributed by atoms with Gasteiger partial charge in [0.2, 0.25) is 0 Å². The topological polar surface area (TPSA) is 17.1 Å². The van der Waals surface area contributed by atoms with E-state index in [1.54, 1.807) is 11.3 Å². The van der Waals surface area contributed by atoms with Crippen LogP contribution in [0.1, 0.15) is 42.5 Å². The zero-order chi connectivity index (χ0) is 10.7. The van der Waals surface area contributed by atoms with E-state index in [0.29, 0.717) is 0 Å². The molecule has 3 heteroatoms. The van der Waals surface area contributed by atoms with Crippen molar-refractivity contribution in [3.8, 4) is 0 Å². The lowest BCUT2D eigenvalue weighted by Crippen LogP contribution is -2.02. The molecule has 2 rings (SSSR count). The molecule has 1 nitrogen and oxygen atoms in total. The average Bonchev–Trinajstić information content (AvgIpc) is 2.53. The van der Waals surface area contributed by atoms with E-state index >= 15 is 0 Å². The van der Waals surface area contributed by atoms with E-state index in [0.717, 1.165) is 34.9 Å². The summed E-state index contributed by atoms with van der Waals surface area (Å²) in [6.45, 7) is 0. The van der Waals surface area contributed by atoms with Gasteiger partial charge in [-0.25, -0.2) is 0 Å². The van der Waals surface area contributed by atoms with Crippen molar-refractivity contribution in [2.75, 3.05) is 0 Å². The normalized spacial score (nSPS) is 17.0. The third kappa shape index (κ3) is 2.58. The van der Waals surface area contributed by atoms with Gasteiger partial charge in [0.1, 0.15) is 0 Å². The van der Waals surface area contributed by atoms with Crippen LogP contribution in [0.5, 0.6) is 0 Å². The van der Waals surface area contributed by atoms with Gasteiger partial charge < -0.3 is 0 Å². The number of hydrogen-bond donors (Lipinski definition) is 0. The maximum absolute atomic E-state index is 12.1. The largest absolute Gasteiger partial charge is 0.289 e. The zero-order valence-corrected chi connectivity index (χ0v) is 10.9. The summed E-state index contributed by atoms with van der Waals surface area (Å²) in [7, 11) is 0. The Kier molecular flexibility index (Phi) is 3.76. The highest BCUT2D eigenvalue weighted by atomic mass is 79.9. The van der Waals surface area contributed by atoms with Crippen LogP contribution in [0.3, 0.4) is 0 Å². The highest BCUT2D eigenvalue weighted by Crippen LogP contribution is 2.27. The molecule has 80 valence electrons. The molecule has 1 aliphatic rings. The van der Waals surface area contributed by atoms with Crippen LogP contribution in [-0.2, 0) is 0 Å². The second-order valence-corrected chi connectivity index (χ2v) is 5.39. The number of carbonyl (C=O) groups is 1. The van der Waals surface area contributed by atoms with Crippen molar-refractivity contribution >= 4 is 33.0 Å². The van der Waals surface area contributed by atoms with Crippen molar-refractivity contribution in [1.29, 1.82) is 0 Å². The second kappa shape index (κ2) is 5.08. The minimum Gasteiger partial charge on any atom is -0.289 e. The molecule has 1 heterocycles. The van der Waals surface area contributed by atoms with Gasteiger partial charge in [-0.2, -0.15) is 11.3 Å². The molecule has 1 aliphatic carbocycles. The summed E-state index contributed by atoms with van der Waals surface area (Å²) in [4.78, 5) is 12.1. The van der Waals surface area contributed by atoms with E-state index in [1.165, 1.54) is 12.8 Å². The fraction of sp³-hybridized carbons (Fsp3) is 0.417. The fourth-order valence-corrected chi connectivity index (χ4v) is 3.29. The maximum Gasteiger partial charge on any atom is 0.190 e. The molecule has 0 aromatic carbocycles. The SMILES string of the molecule is O=C(C1=CCCCCC1)c1cscc1Br. The molecule has 0 atom stereocenters. The molecule has 0 amide bonds. The Bertz CT molecular complexity index is 392. The first-order valence-corrected chi connectivity index (χ1v) is 6.98. The predicted molar refractivity (Wildman–Crippen MR) is 67.5 cm³/mol. The maximum atomic E-state index is 12.1. The molecule has 0 radical (unpaired) electrons. The summed E-state index contributed by atoms with van der Waals surface area (Å²) in [6.07, 6.45) is 7.75. The van der Waals surface area contributed by atoms with Gasteiger partial charge in [0.15, 0.2) is 5.78 Å². The molecule has 0 spiro atoms. The summed E-state index contributed by atoms with van der Waals surface area (Å²) in [5.41, 5.74) is 1.83. The second-order valence-electron chi connectivity index (χ2n) is 3.79. The van der Waals surface area contributed by atoms with Gasteiger partial charge in [0.25, 0.3) is 0 Å².